The van der Waals surface area contributed by atoms with Gasteiger partial charge in [0.2, 0.25) is 0 Å². The molecule has 0 saturated heterocycles. The van der Waals surface area contributed by atoms with Gasteiger partial charge in [-0.15, -0.1) is 0 Å². The SMILES string of the molecule is C/C=C(\C)CCCC(C)(O)CCC/C=C/CC1=CC(O)C(C)C(C)C1OCCCC. The molecule has 1 rings (SSSR count). The summed E-state index contributed by atoms with van der Waals surface area (Å²) in [6, 6.07) is 0. The average molecular weight is 421 g/mol. The molecule has 30 heavy (non-hydrogen) atoms. The molecule has 0 spiro atoms. The number of aliphatic hydroxyl groups is 2. The van der Waals surface area contributed by atoms with E-state index < -0.39 is 5.60 Å². The van der Waals surface area contributed by atoms with Crippen molar-refractivity contribution in [1.29, 1.82) is 0 Å². The Balaban J connectivity index is 2.44. The fraction of sp³-hybridized carbons (Fsp3) is 0.778. The van der Waals surface area contributed by atoms with Crippen LogP contribution in [-0.2, 0) is 4.74 Å². The molecule has 3 heteroatoms. The summed E-state index contributed by atoms with van der Waals surface area (Å²) in [6.07, 6.45) is 17.2. The topological polar surface area (TPSA) is 49.7 Å². The normalized spacial score (nSPS) is 27.3. The highest BCUT2D eigenvalue weighted by Crippen LogP contribution is 2.34. The third-order valence-electron chi connectivity index (χ3n) is 6.78. The third-order valence-corrected chi connectivity index (χ3v) is 6.78. The first-order chi connectivity index (χ1) is 14.2. The Morgan fingerprint density at radius 3 is 2.50 bits per heavy atom. The third kappa shape index (κ3) is 9.94. The maximum Gasteiger partial charge on any atom is 0.0818 e. The van der Waals surface area contributed by atoms with Crippen LogP contribution >= 0.6 is 0 Å². The maximum absolute atomic E-state index is 10.6. The molecule has 2 N–H and O–H groups in total. The summed E-state index contributed by atoms with van der Waals surface area (Å²) in [5, 5.41) is 21.0. The van der Waals surface area contributed by atoms with Crippen molar-refractivity contribution in [2.75, 3.05) is 6.61 Å². The lowest BCUT2D eigenvalue weighted by Gasteiger charge is -2.37. The molecule has 0 aromatic carbocycles. The molecule has 0 fully saturated rings. The summed E-state index contributed by atoms with van der Waals surface area (Å²) < 4.78 is 6.20. The molecule has 1 aliphatic rings. The average Bonchev–Trinajstić information content (AvgIpc) is 2.70. The summed E-state index contributed by atoms with van der Waals surface area (Å²) in [4.78, 5) is 0. The molecule has 5 unspecified atom stereocenters. The van der Waals surface area contributed by atoms with Crippen molar-refractivity contribution < 1.29 is 14.9 Å². The second-order valence-corrected chi connectivity index (χ2v) is 9.65. The van der Waals surface area contributed by atoms with Crippen molar-refractivity contribution in [2.24, 2.45) is 11.8 Å². The number of rotatable bonds is 14. The Hall–Kier alpha value is -0.900. The first-order valence-electron chi connectivity index (χ1n) is 12.2. The van der Waals surface area contributed by atoms with Crippen LogP contribution in [0.3, 0.4) is 0 Å². The van der Waals surface area contributed by atoms with Crippen LogP contribution in [0.1, 0.15) is 99.3 Å². The second kappa shape index (κ2) is 14.2. The number of ether oxygens (including phenoxy) is 1. The summed E-state index contributed by atoms with van der Waals surface area (Å²) in [5.74, 6) is 0.551. The van der Waals surface area contributed by atoms with E-state index in [4.69, 9.17) is 4.74 Å². The molecule has 3 nitrogen and oxygen atoms in total. The van der Waals surface area contributed by atoms with E-state index in [0.29, 0.717) is 5.92 Å². The smallest absolute Gasteiger partial charge is 0.0818 e. The predicted octanol–water partition coefficient (Wildman–Crippen LogP) is 6.75. The number of allylic oxidation sites excluding steroid dienone is 4. The van der Waals surface area contributed by atoms with Gasteiger partial charge in [-0.05, 0) is 89.5 Å². The first kappa shape index (κ1) is 27.1. The zero-order chi connectivity index (χ0) is 22.6. The standard InChI is InChI=1S/C27H48O3/c1-7-9-19-30-26-23(5)22(4)25(28)20-24(26)16-12-10-11-13-17-27(6,29)18-14-15-21(3)8-2/h8,10,12,20,22-23,25-26,28-29H,7,9,11,13-19H2,1-6H3/b12-10+,21-8+. The molecule has 0 aliphatic heterocycles. The van der Waals surface area contributed by atoms with Gasteiger partial charge in [-0.3, -0.25) is 0 Å². The van der Waals surface area contributed by atoms with E-state index >= 15 is 0 Å². The molecule has 1 aliphatic carbocycles. The van der Waals surface area contributed by atoms with Crippen molar-refractivity contribution in [3.05, 3.63) is 35.5 Å². The number of hydrogen-bond donors (Lipinski definition) is 2. The second-order valence-electron chi connectivity index (χ2n) is 9.65. The molecule has 0 aromatic heterocycles. The van der Waals surface area contributed by atoms with Gasteiger partial charge >= 0.3 is 0 Å². The minimum absolute atomic E-state index is 0.112. The van der Waals surface area contributed by atoms with Gasteiger partial charge in [0.1, 0.15) is 0 Å². The minimum atomic E-state index is -0.568. The van der Waals surface area contributed by atoms with Gasteiger partial charge in [-0.25, -0.2) is 0 Å². The van der Waals surface area contributed by atoms with Gasteiger partial charge in [0.25, 0.3) is 0 Å². The molecule has 0 heterocycles. The predicted molar refractivity (Wildman–Crippen MR) is 129 cm³/mol. The van der Waals surface area contributed by atoms with Crippen LogP contribution in [0.4, 0.5) is 0 Å². The number of aliphatic hydroxyl groups excluding tert-OH is 1. The van der Waals surface area contributed by atoms with Crippen molar-refractivity contribution in [3.8, 4) is 0 Å². The number of hydrogen-bond acceptors (Lipinski definition) is 3. The Morgan fingerprint density at radius 2 is 1.83 bits per heavy atom. The zero-order valence-corrected chi connectivity index (χ0v) is 20.5. The van der Waals surface area contributed by atoms with Crippen molar-refractivity contribution in [2.45, 2.75) is 117 Å². The van der Waals surface area contributed by atoms with Gasteiger partial charge < -0.3 is 14.9 Å². The lowest BCUT2D eigenvalue weighted by Crippen LogP contribution is -2.38. The van der Waals surface area contributed by atoms with E-state index in [1.807, 2.05) is 13.0 Å². The summed E-state index contributed by atoms with van der Waals surface area (Å²) in [5.41, 5.74) is 2.05. The summed E-state index contributed by atoms with van der Waals surface area (Å²) in [6.45, 7) is 13.5. The van der Waals surface area contributed by atoms with Gasteiger partial charge in [-0.1, -0.05) is 57.1 Å². The first-order valence-corrected chi connectivity index (χ1v) is 12.2. The largest absolute Gasteiger partial charge is 0.390 e. The van der Waals surface area contributed by atoms with E-state index in [2.05, 4.69) is 52.8 Å². The van der Waals surface area contributed by atoms with Crippen LogP contribution in [0.2, 0.25) is 0 Å². The van der Waals surface area contributed by atoms with Gasteiger partial charge in [0, 0.05) is 6.61 Å². The monoisotopic (exact) mass is 420 g/mol. The quantitative estimate of drug-likeness (QED) is 0.241. The highest BCUT2D eigenvalue weighted by Gasteiger charge is 2.34. The fourth-order valence-electron chi connectivity index (χ4n) is 4.14. The minimum Gasteiger partial charge on any atom is -0.390 e. The van der Waals surface area contributed by atoms with E-state index in [1.54, 1.807) is 0 Å². The van der Waals surface area contributed by atoms with Crippen molar-refractivity contribution in [1.82, 2.24) is 0 Å². The highest BCUT2D eigenvalue weighted by atomic mass is 16.5. The van der Waals surface area contributed by atoms with Crippen LogP contribution in [0.5, 0.6) is 0 Å². The molecule has 0 amide bonds. The van der Waals surface area contributed by atoms with Gasteiger partial charge in [0.15, 0.2) is 0 Å². The fourth-order valence-corrected chi connectivity index (χ4v) is 4.14. The molecule has 174 valence electrons. The molecule has 5 atom stereocenters. The van der Waals surface area contributed by atoms with E-state index in [1.165, 1.54) is 11.1 Å². The van der Waals surface area contributed by atoms with Crippen LogP contribution in [0.25, 0.3) is 0 Å². The maximum atomic E-state index is 10.6. The van der Waals surface area contributed by atoms with Crippen molar-refractivity contribution in [3.63, 3.8) is 0 Å². The Labute approximate surface area is 186 Å². The summed E-state index contributed by atoms with van der Waals surface area (Å²) in [7, 11) is 0. The Morgan fingerprint density at radius 1 is 1.13 bits per heavy atom. The van der Waals surface area contributed by atoms with E-state index in [-0.39, 0.29) is 18.1 Å². The number of unbranched alkanes of at least 4 members (excludes halogenated alkanes) is 2. The van der Waals surface area contributed by atoms with Crippen LogP contribution in [-0.4, -0.2) is 34.6 Å². The van der Waals surface area contributed by atoms with Crippen LogP contribution < -0.4 is 0 Å². The Kier molecular flexibility index (Phi) is 12.9. The Bertz CT molecular complexity index is 558. The molecular weight excluding hydrogens is 372 g/mol. The lowest BCUT2D eigenvalue weighted by atomic mass is 9.77. The molecule has 0 radical (unpaired) electrons. The molecule has 0 bridgehead atoms. The van der Waals surface area contributed by atoms with Crippen molar-refractivity contribution >= 4 is 0 Å². The highest BCUT2D eigenvalue weighted by molar-refractivity contribution is 5.20. The molecule has 0 saturated carbocycles. The van der Waals surface area contributed by atoms with Gasteiger partial charge in [0.05, 0.1) is 17.8 Å². The van der Waals surface area contributed by atoms with Crippen LogP contribution in [0.15, 0.2) is 35.5 Å². The molecule has 0 aromatic rings. The van der Waals surface area contributed by atoms with Crippen LogP contribution in [0, 0.1) is 11.8 Å². The summed E-state index contributed by atoms with van der Waals surface area (Å²) >= 11 is 0. The lowest BCUT2D eigenvalue weighted by molar-refractivity contribution is -0.0111. The van der Waals surface area contributed by atoms with E-state index in [0.717, 1.165) is 64.4 Å². The molecular formula is C27H48O3. The zero-order valence-electron chi connectivity index (χ0n) is 20.5. The van der Waals surface area contributed by atoms with E-state index in [9.17, 15) is 10.2 Å². The van der Waals surface area contributed by atoms with Gasteiger partial charge in [-0.2, -0.15) is 0 Å².